The van der Waals surface area contributed by atoms with E-state index < -0.39 is 0 Å². The number of likely N-dealkylation sites (N-methyl/N-ethyl adjacent to an activating group) is 1. The number of hydrogen-bond acceptors (Lipinski definition) is 4. The Balaban J connectivity index is 1.61. The molecule has 144 valence electrons. The Morgan fingerprint density at radius 1 is 1.11 bits per heavy atom. The largest absolute Gasteiger partial charge is 0.349 e. The summed E-state index contributed by atoms with van der Waals surface area (Å²) in [4.78, 5) is 27.4. The van der Waals surface area contributed by atoms with Gasteiger partial charge in [-0.25, -0.2) is 0 Å². The summed E-state index contributed by atoms with van der Waals surface area (Å²) in [6.07, 6.45) is 1.94. The van der Waals surface area contributed by atoms with Gasteiger partial charge in [0.25, 0.3) is 5.91 Å². The monoisotopic (exact) mass is 385 g/mol. The van der Waals surface area contributed by atoms with Crippen molar-refractivity contribution in [1.29, 1.82) is 0 Å². The maximum absolute atomic E-state index is 12.6. The van der Waals surface area contributed by atoms with Gasteiger partial charge in [0, 0.05) is 12.5 Å². The molecule has 1 heterocycles. The van der Waals surface area contributed by atoms with Gasteiger partial charge >= 0.3 is 0 Å². The molecule has 2 N–H and O–H groups in total. The summed E-state index contributed by atoms with van der Waals surface area (Å²) in [5.74, 6) is 0.125. The highest BCUT2D eigenvalue weighted by atomic mass is 32.1. The van der Waals surface area contributed by atoms with E-state index in [-0.39, 0.29) is 23.8 Å². The van der Waals surface area contributed by atoms with Crippen LogP contribution in [0.4, 0.5) is 5.00 Å². The maximum Gasteiger partial charge on any atom is 0.261 e. The van der Waals surface area contributed by atoms with Crippen LogP contribution >= 0.6 is 11.3 Å². The first-order chi connectivity index (χ1) is 13.1. The fourth-order valence-electron chi connectivity index (χ4n) is 3.17. The van der Waals surface area contributed by atoms with E-state index in [1.807, 2.05) is 18.2 Å². The van der Waals surface area contributed by atoms with Crippen molar-refractivity contribution in [3.05, 3.63) is 52.9 Å². The van der Waals surface area contributed by atoms with Crippen molar-refractivity contribution in [1.82, 2.24) is 10.2 Å². The molecule has 1 atom stereocenters. The molecule has 1 fully saturated rings. The van der Waals surface area contributed by atoms with Crippen molar-refractivity contribution >= 4 is 28.2 Å². The van der Waals surface area contributed by atoms with Crippen molar-refractivity contribution in [2.24, 2.45) is 5.92 Å². The highest BCUT2D eigenvalue weighted by Gasteiger charge is 2.30. The van der Waals surface area contributed by atoms with Crippen LogP contribution in [0.1, 0.15) is 48.0 Å². The van der Waals surface area contributed by atoms with E-state index in [0.717, 1.165) is 30.9 Å². The predicted molar refractivity (Wildman–Crippen MR) is 110 cm³/mol. The lowest BCUT2D eigenvalue weighted by Gasteiger charge is -2.30. The first kappa shape index (κ1) is 19.6. The minimum atomic E-state index is -0.0972. The number of nitrogens with zero attached hydrogens (tertiary/aromatic N) is 1. The fourth-order valence-corrected chi connectivity index (χ4v) is 4.00. The number of hydrogen-bond donors (Lipinski definition) is 2. The van der Waals surface area contributed by atoms with E-state index in [1.54, 1.807) is 12.1 Å². The number of carbonyl (C=O) groups excluding carboxylic acids is 2. The Bertz CT molecular complexity index is 767. The second-order valence-electron chi connectivity index (χ2n) is 6.79. The summed E-state index contributed by atoms with van der Waals surface area (Å²) in [5.41, 5.74) is 1.20. The van der Waals surface area contributed by atoms with Crippen molar-refractivity contribution in [2.45, 2.75) is 32.7 Å². The zero-order valence-electron chi connectivity index (χ0n) is 15.9. The smallest absolute Gasteiger partial charge is 0.261 e. The fraction of sp³-hybridized carbons (Fsp3) is 0.429. The predicted octanol–water partition coefficient (Wildman–Crippen LogP) is 3.91. The molecule has 0 radical (unpaired) electrons. The first-order valence-electron chi connectivity index (χ1n) is 9.60. The van der Waals surface area contributed by atoms with Crippen LogP contribution in [0, 0.1) is 5.92 Å². The third kappa shape index (κ3) is 5.17. The van der Waals surface area contributed by atoms with Gasteiger partial charge in [-0.2, -0.15) is 0 Å². The SMILES string of the molecule is CCN(CC)C(CNC(=O)c1ccc(NC(=O)C2CC2)s1)c1ccccc1. The summed E-state index contributed by atoms with van der Waals surface area (Å²) in [6, 6.07) is 14.0. The van der Waals surface area contributed by atoms with E-state index in [9.17, 15) is 9.59 Å². The summed E-state index contributed by atoms with van der Waals surface area (Å²) < 4.78 is 0. The van der Waals surface area contributed by atoms with Crippen LogP contribution in [-0.4, -0.2) is 36.3 Å². The highest BCUT2D eigenvalue weighted by Crippen LogP contribution is 2.31. The summed E-state index contributed by atoms with van der Waals surface area (Å²) >= 11 is 1.32. The lowest BCUT2D eigenvalue weighted by molar-refractivity contribution is -0.117. The first-order valence-corrected chi connectivity index (χ1v) is 10.4. The maximum atomic E-state index is 12.6. The van der Waals surface area contributed by atoms with Gasteiger partial charge < -0.3 is 10.6 Å². The second-order valence-corrected chi connectivity index (χ2v) is 7.87. The Hall–Kier alpha value is -2.18. The molecule has 6 heteroatoms. The molecule has 1 aromatic carbocycles. The van der Waals surface area contributed by atoms with Gasteiger partial charge in [0.1, 0.15) is 0 Å². The summed E-state index contributed by atoms with van der Waals surface area (Å²) in [7, 11) is 0. The molecule has 1 aromatic heterocycles. The van der Waals surface area contributed by atoms with Crippen LogP contribution in [0.5, 0.6) is 0 Å². The van der Waals surface area contributed by atoms with Crippen molar-refractivity contribution in [3.63, 3.8) is 0 Å². The molecular formula is C21H27N3O2S. The molecule has 0 spiro atoms. The van der Waals surface area contributed by atoms with Gasteiger partial charge in [-0.15, -0.1) is 11.3 Å². The number of thiophene rings is 1. The number of amides is 2. The topological polar surface area (TPSA) is 61.4 Å². The molecule has 0 bridgehead atoms. The molecule has 2 aromatic rings. The average molecular weight is 386 g/mol. The molecule has 5 nitrogen and oxygen atoms in total. The standard InChI is InChI=1S/C21H27N3O2S/c1-3-24(4-2)17(15-8-6-5-7-9-15)14-22-21(26)18-12-13-19(27-18)23-20(25)16-10-11-16/h5-9,12-13,16-17H,3-4,10-11,14H2,1-2H3,(H,22,26)(H,23,25). The van der Waals surface area contributed by atoms with Gasteiger partial charge in [-0.3, -0.25) is 14.5 Å². The molecule has 1 aliphatic carbocycles. The minimum absolute atomic E-state index is 0.0643. The lowest BCUT2D eigenvalue weighted by Crippen LogP contribution is -2.37. The third-order valence-corrected chi connectivity index (χ3v) is 5.92. The quantitative estimate of drug-likeness (QED) is 0.688. The highest BCUT2D eigenvalue weighted by molar-refractivity contribution is 7.18. The average Bonchev–Trinajstić information content (AvgIpc) is 3.45. The van der Waals surface area contributed by atoms with E-state index in [4.69, 9.17) is 0 Å². The zero-order valence-corrected chi connectivity index (χ0v) is 16.7. The summed E-state index contributed by atoms with van der Waals surface area (Å²) in [5, 5.41) is 6.70. The van der Waals surface area contributed by atoms with Gasteiger partial charge in [0.2, 0.25) is 5.91 Å². The van der Waals surface area contributed by atoms with Crippen molar-refractivity contribution in [3.8, 4) is 0 Å². The Kier molecular flexibility index (Phi) is 6.63. The molecule has 1 unspecified atom stereocenters. The number of nitrogens with one attached hydrogen (secondary N) is 2. The van der Waals surface area contributed by atoms with Gasteiger partial charge in [0.05, 0.1) is 15.9 Å². The minimum Gasteiger partial charge on any atom is -0.349 e. The van der Waals surface area contributed by atoms with Crippen molar-refractivity contribution in [2.75, 3.05) is 25.0 Å². The van der Waals surface area contributed by atoms with E-state index in [0.29, 0.717) is 11.4 Å². The molecule has 0 saturated heterocycles. The Labute approximate surface area is 164 Å². The molecule has 1 saturated carbocycles. The van der Waals surface area contributed by atoms with Crippen molar-refractivity contribution < 1.29 is 9.59 Å². The third-order valence-electron chi connectivity index (χ3n) is 4.92. The van der Waals surface area contributed by atoms with E-state index in [1.165, 1.54) is 16.9 Å². The van der Waals surface area contributed by atoms with E-state index in [2.05, 4.69) is 41.5 Å². The van der Waals surface area contributed by atoms with Crippen LogP contribution in [-0.2, 0) is 4.79 Å². The number of rotatable bonds is 9. The molecular weight excluding hydrogens is 358 g/mol. The van der Waals surface area contributed by atoms with Gasteiger partial charge in [-0.1, -0.05) is 44.2 Å². The molecule has 3 rings (SSSR count). The summed E-state index contributed by atoms with van der Waals surface area (Å²) in [6.45, 7) is 6.65. The molecule has 0 aliphatic heterocycles. The van der Waals surface area contributed by atoms with Gasteiger partial charge in [0.15, 0.2) is 0 Å². The number of anilines is 1. The Morgan fingerprint density at radius 2 is 1.81 bits per heavy atom. The Morgan fingerprint density at radius 3 is 2.44 bits per heavy atom. The molecule has 1 aliphatic rings. The molecule has 27 heavy (non-hydrogen) atoms. The van der Waals surface area contributed by atoms with Gasteiger partial charge in [-0.05, 0) is 43.6 Å². The van der Waals surface area contributed by atoms with Crippen LogP contribution in [0.3, 0.4) is 0 Å². The van der Waals surface area contributed by atoms with E-state index >= 15 is 0 Å². The lowest BCUT2D eigenvalue weighted by atomic mass is 10.1. The molecule has 2 amide bonds. The second kappa shape index (κ2) is 9.15. The van der Waals surface area contributed by atoms with Crippen LogP contribution < -0.4 is 10.6 Å². The zero-order chi connectivity index (χ0) is 19.2. The van der Waals surface area contributed by atoms with Crippen LogP contribution in [0.15, 0.2) is 42.5 Å². The van der Waals surface area contributed by atoms with Crippen LogP contribution in [0.25, 0.3) is 0 Å². The number of carbonyl (C=O) groups is 2. The number of benzene rings is 1. The van der Waals surface area contributed by atoms with Crippen LogP contribution in [0.2, 0.25) is 0 Å². The normalized spacial score (nSPS) is 14.8.